The third-order valence-corrected chi connectivity index (χ3v) is 4.61. The summed E-state index contributed by atoms with van der Waals surface area (Å²) < 4.78 is 8.54. The second kappa shape index (κ2) is 6.60. The number of nitrogen functional groups attached to an aromatic ring is 1. The van der Waals surface area contributed by atoms with Crippen molar-refractivity contribution < 1.29 is 4.74 Å². The highest BCUT2D eigenvalue weighted by Crippen LogP contribution is 2.27. The Morgan fingerprint density at radius 3 is 2.62 bits per heavy atom. The van der Waals surface area contributed by atoms with Gasteiger partial charge in [-0.25, -0.2) is 4.79 Å². The normalized spacial score (nSPS) is 11.5. The van der Waals surface area contributed by atoms with Gasteiger partial charge in [0.2, 0.25) is 5.95 Å². The average Bonchev–Trinajstić information content (AvgIpc) is 2.83. The second-order valence-corrected chi connectivity index (χ2v) is 6.78. The van der Waals surface area contributed by atoms with Crippen LogP contribution in [0.25, 0.3) is 11.2 Å². The SMILES string of the molecule is COc1c(C)cnc(Cn2c(=O)n(C(C)C)c3c(Cl)nc(N)nc32)c1C. The molecule has 8 nitrogen and oxygen atoms in total. The molecule has 0 unspecified atom stereocenters. The van der Waals surface area contributed by atoms with Crippen LogP contribution >= 0.6 is 11.6 Å². The summed E-state index contributed by atoms with van der Waals surface area (Å²) in [4.78, 5) is 25.7. The molecule has 0 saturated carbocycles. The summed E-state index contributed by atoms with van der Waals surface area (Å²) in [5.74, 6) is 0.770. The van der Waals surface area contributed by atoms with Crippen molar-refractivity contribution in [3.8, 4) is 5.75 Å². The van der Waals surface area contributed by atoms with E-state index in [9.17, 15) is 4.79 Å². The molecule has 3 heterocycles. The number of methoxy groups -OCH3 is 1. The molecule has 0 aliphatic rings. The zero-order valence-electron chi connectivity index (χ0n) is 15.4. The molecule has 0 aliphatic heterocycles. The van der Waals surface area contributed by atoms with Crippen molar-refractivity contribution in [2.24, 2.45) is 0 Å². The lowest BCUT2D eigenvalue weighted by Gasteiger charge is -2.12. The molecule has 3 aromatic rings. The number of hydrogen-bond acceptors (Lipinski definition) is 6. The van der Waals surface area contributed by atoms with Crippen molar-refractivity contribution in [3.05, 3.63) is 38.7 Å². The van der Waals surface area contributed by atoms with Crippen LogP contribution in [0.2, 0.25) is 5.15 Å². The fourth-order valence-corrected chi connectivity index (χ4v) is 3.41. The molecular formula is C17H21ClN6O2. The lowest BCUT2D eigenvalue weighted by atomic mass is 10.1. The van der Waals surface area contributed by atoms with E-state index in [2.05, 4.69) is 15.0 Å². The van der Waals surface area contributed by atoms with Gasteiger partial charge in [0.15, 0.2) is 10.8 Å². The molecule has 0 radical (unpaired) electrons. The lowest BCUT2D eigenvalue weighted by Crippen LogP contribution is -2.26. The molecule has 3 rings (SSSR count). The maximum Gasteiger partial charge on any atom is 0.331 e. The zero-order valence-corrected chi connectivity index (χ0v) is 16.1. The minimum Gasteiger partial charge on any atom is -0.496 e. The van der Waals surface area contributed by atoms with Crippen LogP contribution in [0.4, 0.5) is 5.95 Å². The molecule has 0 saturated heterocycles. The molecule has 0 spiro atoms. The number of aryl methyl sites for hydroxylation is 1. The number of nitrogens with zero attached hydrogens (tertiary/aromatic N) is 5. The van der Waals surface area contributed by atoms with E-state index in [1.165, 1.54) is 4.57 Å². The van der Waals surface area contributed by atoms with Crippen molar-refractivity contribution >= 4 is 28.7 Å². The smallest absolute Gasteiger partial charge is 0.331 e. The number of aromatic nitrogens is 5. The van der Waals surface area contributed by atoms with Crippen LogP contribution in [0.5, 0.6) is 5.75 Å². The summed E-state index contributed by atoms with van der Waals surface area (Å²) in [5.41, 5.74) is 8.89. The first-order valence-corrected chi connectivity index (χ1v) is 8.56. The number of fused-ring (bicyclic) bond motifs is 1. The second-order valence-electron chi connectivity index (χ2n) is 6.42. The molecule has 0 atom stereocenters. The highest BCUT2D eigenvalue weighted by atomic mass is 35.5. The largest absolute Gasteiger partial charge is 0.496 e. The van der Waals surface area contributed by atoms with E-state index in [4.69, 9.17) is 22.1 Å². The molecule has 0 aromatic carbocycles. The first-order valence-electron chi connectivity index (χ1n) is 8.19. The van der Waals surface area contributed by atoms with E-state index in [-0.39, 0.29) is 29.4 Å². The molecule has 0 fully saturated rings. The van der Waals surface area contributed by atoms with Crippen LogP contribution in [0.3, 0.4) is 0 Å². The van der Waals surface area contributed by atoms with Crippen LogP contribution in [0.1, 0.15) is 36.7 Å². The molecule has 0 bridgehead atoms. The van der Waals surface area contributed by atoms with Crippen LogP contribution in [0.15, 0.2) is 11.0 Å². The Morgan fingerprint density at radius 1 is 1.31 bits per heavy atom. The molecular weight excluding hydrogens is 356 g/mol. The standard InChI is InChI=1S/C17H21ClN6O2/c1-8(2)24-12-14(18)21-16(19)22-15(12)23(17(24)25)7-11-10(4)13(26-5)9(3)6-20-11/h6,8H,7H2,1-5H3,(H2,19,21,22). The fraction of sp³-hybridized carbons (Fsp3) is 0.412. The molecule has 26 heavy (non-hydrogen) atoms. The van der Waals surface area contributed by atoms with Crippen LogP contribution in [0, 0.1) is 13.8 Å². The van der Waals surface area contributed by atoms with E-state index in [0.29, 0.717) is 16.9 Å². The van der Waals surface area contributed by atoms with Gasteiger partial charge in [0.25, 0.3) is 0 Å². The summed E-state index contributed by atoms with van der Waals surface area (Å²) >= 11 is 6.26. The van der Waals surface area contributed by atoms with Crippen LogP contribution in [-0.4, -0.2) is 31.2 Å². The number of anilines is 1. The number of nitrogens with two attached hydrogens (primary N) is 1. The Balaban J connectivity index is 2.27. The Hall–Kier alpha value is -2.61. The first kappa shape index (κ1) is 18.2. The Labute approximate surface area is 155 Å². The van der Waals surface area contributed by atoms with E-state index in [0.717, 1.165) is 16.9 Å². The number of rotatable bonds is 4. The topological polar surface area (TPSA) is 101 Å². The highest BCUT2D eigenvalue weighted by molar-refractivity contribution is 6.33. The summed E-state index contributed by atoms with van der Waals surface area (Å²) in [5, 5.41) is 0.156. The van der Waals surface area contributed by atoms with Crippen molar-refractivity contribution in [1.82, 2.24) is 24.1 Å². The summed E-state index contributed by atoms with van der Waals surface area (Å²) in [7, 11) is 1.61. The van der Waals surface area contributed by atoms with Gasteiger partial charge in [0, 0.05) is 23.4 Å². The molecule has 138 valence electrons. The highest BCUT2D eigenvalue weighted by Gasteiger charge is 2.22. The van der Waals surface area contributed by atoms with Gasteiger partial charge >= 0.3 is 5.69 Å². The minimum atomic E-state index is -0.238. The maximum atomic E-state index is 13.0. The number of imidazole rings is 1. The third kappa shape index (κ3) is 2.80. The predicted octanol–water partition coefficient (Wildman–Crippen LogP) is 2.48. The van der Waals surface area contributed by atoms with E-state index < -0.39 is 0 Å². The van der Waals surface area contributed by atoms with E-state index in [1.54, 1.807) is 17.9 Å². The van der Waals surface area contributed by atoms with Gasteiger partial charge in [0.05, 0.1) is 19.3 Å². The minimum absolute atomic E-state index is 0.0170. The van der Waals surface area contributed by atoms with Gasteiger partial charge in [-0.3, -0.25) is 14.1 Å². The lowest BCUT2D eigenvalue weighted by molar-refractivity contribution is 0.406. The number of halogens is 1. The van der Waals surface area contributed by atoms with Crippen molar-refractivity contribution in [2.75, 3.05) is 12.8 Å². The van der Waals surface area contributed by atoms with Gasteiger partial charge in [-0.2, -0.15) is 9.97 Å². The number of hydrogen-bond donors (Lipinski definition) is 1. The number of pyridine rings is 1. The monoisotopic (exact) mass is 376 g/mol. The Bertz CT molecular complexity index is 1050. The summed E-state index contributed by atoms with van der Waals surface area (Å²) in [6.45, 7) is 7.86. The number of ether oxygens (including phenoxy) is 1. The Morgan fingerprint density at radius 2 is 2.00 bits per heavy atom. The molecule has 0 amide bonds. The fourth-order valence-electron chi connectivity index (χ4n) is 3.15. The van der Waals surface area contributed by atoms with Gasteiger partial charge in [-0.05, 0) is 27.7 Å². The zero-order chi connectivity index (χ0) is 19.2. The van der Waals surface area contributed by atoms with Gasteiger partial charge in [-0.15, -0.1) is 0 Å². The summed E-state index contributed by atoms with van der Waals surface area (Å²) in [6.07, 6.45) is 1.73. The molecule has 2 N–H and O–H groups in total. The molecule has 3 aromatic heterocycles. The quantitative estimate of drug-likeness (QED) is 0.702. The van der Waals surface area contributed by atoms with Crippen molar-refractivity contribution in [3.63, 3.8) is 0 Å². The van der Waals surface area contributed by atoms with E-state index >= 15 is 0 Å². The predicted molar refractivity (Wildman–Crippen MR) is 101 cm³/mol. The summed E-state index contributed by atoms with van der Waals surface area (Å²) in [6, 6.07) is -0.113. The van der Waals surface area contributed by atoms with Gasteiger partial charge in [0.1, 0.15) is 11.3 Å². The average molecular weight is 377 g/mol. The molecule has 0 aliphatic carbocycles. The Kier molecular flexibility index (Phi) is 4.62. The first-order chi connectivity index (χ1) is 12.3. The van der Waals surface area contributed by atoms with Crippen LogP contribution < -0.4 is 16.2 Å². The van der Waals surface area contributed by atoms with Crippen LogP contribution in [-0.2, 0) is 6.54 Å². The van der Waals surface area contributed by atoms with E-state index in [1.807, 2.05) is 27.7 Å². The molecule has 9 heteroatoms. The van der Waals surface area contributed by atoms with Crippen molar-refractivity contribution in [2.45, 2.75) is 40.3 Å². The van der Waals surface area contributed by atoms with Crippen molar-refractivity contribution in [1.29, 1.82) is 0 Å². The van der Waals surface area contributed by atoms with Gasteiger partial charge < -0.3 is 10.5 Å². The third-order valence-electron chi connectivity index (χ3n) is 4.35. The maximum absolute atomic E-state index is 13.0. The van der Waals surface area contributed by atoms with Gasteiger partial charge in [-0.1, -0.05) is 11.6 Å².